The van der Waals surface area contributed by atoms with E-state index in [4.69, 9.17) is 0 Å². The molecule has 0 radical (unpaired) electrons. The van der Waals surface area contributed by atoms with Crippen LogP contribution in [-0.4, -0.2) is 9.78 Å². The summed E-state index contributed by atoms with van der Waals surface area (Å²) in [7, 11) is 0. The molecule has 2 rings (SSSR count). The molecule has 0 fully saturated rings. The monoisotopic (exact) mass is 321 g/mol. The van der Waals surface area contributed by atoms with Crippen LogP contribution in [0, 0.1) is 13.8 Å². The van der Waals surface area contributed by atoms with Crippen LogP contribution >= 0.6 is 15.9 Å². The van der Waals surface area contributed by atoms with Crippen molar-refractivity contribution in [1.82, 2.24) is 9.78 Å². The first-order valence-electron chi connectivity index (χ1n) is 6.51. The summed E-state index contributed by atoms with van der Waals surface area (Å²) in [4.78, 5) is 0. The van der Waals surface area contributed by atoms with E-state index < -0.39 is 0 Å². The van der Waals surface area contributed by atoms with Crippen LogP contribution in [-0.2, 0) is 6.54 Å². The standard InChI is InChI=1S/C15H20BrN3/c1-10(2)19-9-13(8-18-19)7-17-15-11(3)5-14(16)6-12(15)4/h5-6,8-10,17H,7H2,1-4H3. The normalized spacial score (nSPS) is 11.1. The smallest absolute Gasteiger partial charge is 0.0539 e. The highest BCUT2D eigenvalue weighted by molar-refractivity contribution is 9.10. The van der Waals surface area contributed by atoms with E-state index in [0.29, 0.717) is 6.04 Å². The molecule has 0 saturated heterocycles. The van der Waals surface area contributed by atoms with Gasteiger partial charge in [-0.05, 0) is 51.0 Å². The Morgan fingerprint density at radius 2 is 1.89 bits per heavy atom. The third-order valence-corrected chi connectivity index (χ3v) is 3.61. The molecule has 0 amide bonds. The number of benzene rings is 1. The molecule has 1 aromatic heterocycles. The Bertz CT molecular complexity index is 550. The van der Waals surface area contributed by atoms with Crippen molar-refractivity contribution < 1.29 is 0 Å². The second-order valence-electron chi connectivity index (χ2n) is 5.19. The quantitative estimate of drug-likeness (QED) is 0.901. The van der Waals surface area contributed by atoms with Gasteiger partial charge in [-0.1, -0.05) is 15.9 Å². The Balaban J connectivity index is 2.10. The maximum absolute atomic E-state index is 4.36. The molecule has 0 aliphatic rings. The van der Waals surface area contributed by atoms with E-state index >= 15 is 0 Å². The molecule has 0 spiro atoms. The fraction of sp³-hybridized carbons (Fsp3) is 0.400. The fourth-order valence-corrected chi connectivity index (χ4v) is 2.82. The first-order chi connectivity index (χ1) is 8.97. The van der Waals surface area contributed by atoms with Crippen LogP contribution in [0.1, 0.15) is 36.6 Å². The van der Waals surface area contributed by atoms with E-state index in [-0.39, 0.29) is 0 Å². The van der Waals surface area contributed by atoms with Crippen molar-refractivity contribution in [2.75, 3.05) is 5.32 Å². The number of hydrogen-bond acceptors (Lipinski definition) is 2. The molecule has 0 aliphatic carbocycles. The Hall–Kier alpha value is -1.29. The number of nitrogens with zero attached hydrogens (tertiary/aromatic N) is 2. The third kappa shape index (κ3) is 3.38. The van der Waals surface area contributed by atoms with Crippen molar-refractivity contribution in [2.45, 2.75) is 40.3 Å². The van der Waals surface area contributed by atoms with E-state index in [1.807, 2.05) is 10.9 Å². The van der Waals surface area contributed by atoms with Crippen LogP contribution in [0.4, 0.5) is 5.69 Å². The lowest BCUT2D eigenvalue weighted by Crippen LogP contribution is -2.03. The summed E-state index contributed by atoms with van der Waals surface area (Å²) in [5.74, 6) is 0. The molecule has 1 aromatic carbocycles. The van der Waals surface area contributed by atoms with Crippen LogP contribution in [0.15, 0.2) is 29.0 Å². The molecule has 1 N–H and O–H groups in total. The largest absolute Gasteiger partial charge is 0.380 e. The second-order valence-corrected chi connectivity index (χ2v) is 6.11. The summed E-state index contributed by atoms with van der Waals surface area (Å²) in [6, 6.07) is 4.67. The predicted molar refractivity (Wildman–Crippen MR) is 83.6 cm³/mol. The van der Waals surface area contributed by atoms with Crippen molar-refractivity contribution in [3.05, 3.63) is 45.7 Å². The van der Waals surface area contributed by atoms with Crippen molar-refractivity contribution in [3.63, 3.8) is 0 Å². The first kappa shape index (κ1) is 14.1. The minimum Gasteiger partial charge on any atom is -0.380 e. The fourth-order valence-electron chi connectivity index (χ4n) is 2.13. The molecule has 0 bridgehead atoms. The number of rotatable bonds is 4. The van der Waals surface area contributed by atoms with Gasteiger partial charge in [0.2, 0.25) is 0 Å². The lowest BCUT2D eigenvalue weighted by atomic mass is 10.1. The van der Waals surface area contributed by atoms with Gasteiger partial charge in [0.1, 0.15) is 0 Å². The SMILES string of the molecule is Cc1cc(Br)cc(C)c1NCc1cnn(C(C)C)c1. The van der Waals surface area contributed by atoms with Crippen LogP contribution in [0.2, 0.25) is 0 Å². The molecule has 2 aromatic rings. The van der Waals surface area contributed by atoms with E-state index in [1.54, 1.807) is 0 Å². The van der Waals surface area contributed by atoms with E-state index in [0.717, 1.165) is 11.0 Å². The van der Waals surface area contributed by atoms with Gasteiger partial charge in [0.15, 0.2) is 0 Å². The summed E-state index contributed by atoms with van der Waals surface area (Å²) < 4.78 is 3.11. The van der Waals surface area contributed by atoms with Crippen molar-refractivity contribution in [2.24, 2.45) is 0 Å². The molecular weight excluding hydrogens is 302 g/mol. The Labute approximate surface area is 123 Å². The first-order valence-corrected chi connectivity index (χ1v) is 7.30. The van der Waals surface area contributed by atoms with Gasteiger partial charge in [0, 0.05) is 34.5 Å². The molecule has 19 heavy (non-hydrogen) atoms. The van der Waals surface area contributed by atoms with Crippen LogP contribution in [0.3, 0.4) is 0 Å². The summed E-state index contributed by atoms with van der Waals surface area (Å²) >= 11 is 3.52. The zero-order valence-electron chi connectivity index (χ0n) is 11.9. The Kier molecular flexibility index (Phi) is 4.30. The average Bonchev–Trinajstić information content (AvgIpc) is 2.76. The highest BCUT2D eigenvalue weighted by Crippen LogP contribution is 2.25. The maximum atomic E-state index is 4.36. The third-order valence-electron chi connectivity index (χ3n) is 3.15. The molecule has 0 atom stereocenters. The van der Waals surface area contributed by atoms with E-state index in [1.165, 1.54) is 22.4 Å². The summed E-state index contributed by atoms with van der Waals surface area (Å²) in [5, 5.41) is 7.86. The molecule has 0 aliphatic heterocycles. The van der Waals surface area contributed by atoms with Gasteiger partial charge in [-0.2, -0.15) is 5.10 Å². The molecule has 4 heteroatoms. The number of halogens is 1. The topological polar surface area (TPSA) is 29.9 Å². The second kappa shape index (κ2) is 5.78. The molecule has 0 saturated carbocycles. The van der Waals surface area contributed by atoms with E-state index in [2.05, 4.69) is 72.4 Å². The van der Waals surface area contributed by atoms with Crippen molar-refractivity contribution in [3.8, 4) is 0 Å². The predicted octanol–water partition coefficient (Wildman–Crippen LogP) is 4.46. The molecule has 102 valence electrons. The Morgan fingerprint density at radius 3 is 2.42 bits per heavy atom. The zero-order valence-corrected chi connectivity index (χ0v) is 13.5. The highest BCUT2D eigenvalue weighted by Gasteiger charge is 2.06. The number of anilines is 1. The summed E-state index contributed by atoms with van der Waals surface area (Å²) in [5.41, 5.74) is 4.92. The molecule has 3 nitrogen and oxygen atoms in total. The molecule has 0 unspecified atom stereocenters. The number of aryl methyl sites for hydroxylation is 2. The van der Waals surface area contributed by atoms with Gasteiger partial charge in [-0.3, -0.25) is 4.68 Å². The van der Waals surface area contributed by atoms with Gasteiger partial charge >= 0.3 is 0 Å². The maximum Gasteiger partial charge on any atom is 0.0539 e. The summed E-state index contributed by atoms with van der Waals surface area (Å²) in [6.45, 7) is 9.31. The summed E-state index contributed by atoms with van der Waals surface area (Å²) in [6.07, 6.45) is 4.03. The Morgan fingerprint density at radius 1 is 1.26 bits per heavy atom. The zero-order chi connectivity index (χ0) is 14.0. The van der Waals surface area contributed by atoms with Gasteiger partial charge in [0.25, 0.3) is 0 Å². The molecular formula is C15H20BrN3. The number of nitrogens with one attached hydrogen (secondary N) is 1. The molecule has 1 heterocycles. The number of hydrogen-bond donors (Lipinski definition) is 1. The minimum absolute atomic E-state index is 0.407. The van der Waals surface area contributed by atoms with Crippen LogP contribution in [0.25, 0.3) is 0 Å². The lowest BCUT2D eigenvalue weighted by molar-refractivity contribution is 0.532. The lowest BCUT2D eigenvalue weighted by Gasteiger charge is -2.12. The van der Waals surface area contributed by atoms with Gasteiger partial charge < -0.3 is 5.32 Å². The van der Waals surface area contributed by atoms with Crippen LogP contribution in [0.5, 0.6) is 0 Å². The van der Waals surface area contributed by atoms with E-state index in [9.17, 15) is 0 Å². The minimum atomic E-state index is 0.407. The van der Waals surface area contributed by atoms with Crippen molar-refractivity contribution >= 4 is 21.6 Å². The van der Waals surface area contributed by atoms with Gasteiger partial charge in [0.05, 0.1) is 6.20 Å². The van der Waals surface area contributed by atoms with Crippen LogP contribution < -0.4 is 5.32 Å². The average molecular weight is 322 g/mol. The van der Waals surface area contributed by atoms with Crippen molar-refractivity contribution in [1.29, 1.82) is 0 Å². The highest BCUT2D eigenvalue weighted by atomic mass is 79.9. The van der Waals surface area contributed by atoms with Gasteiger partial charge in [-0.25, -0.2) is 0 Å². The number of aromatic nitrogens is 2. The van der Waals surface area contributed by atoms with Gasteiger partial charge in [-0.15, -0.1) is 0 Å².